The van der Waals surface area contributed by atoms with E-state index in [1.807, 2.05) is 60.3 Å². The van der Waals surface area contributed by atoms with Crippen molar-refractivity contribution in [3.63, 3.8) is 0 Å². The van der Waals surface area contributed by atoms with Gasteiger partial charge in [0.15, 0.2) is 0 Å². The Bertz CT molecular complexity index is 1230. The summed E-state index contributed by atoms with van der Waals surface area (Å²) in [5, 5.41) is 5.68. The van der Waals surface area contributed by atoms with E-state index in [0.29, 0.717) is 23.1 Å². The van der Waals surface area contributed by atoms with Gasteiger partial charge in [-0.1, -0.05) is 32.9 Å². The maximum Gasteiger partial charge on any atom is 0.323 e. The van der Waals surface area contributed by atoms with Crippen LogP contribution in [0, 0.1) is 6.92 Å². The molecule has 2 aromatic carbocycles. The number of anilines is 2. The lowest BCUT2D eigenvalue weighted by Gasteiger charge is -2.19. The van der Waals surface area contributed by atoms with E-state index in [4.69, 9.17) is 4.74 Å². The molecule has 7 heteroatoms. The molecule has 0 spiro atoms. The lowest BCUT2D eigenvalue weighted by molar-refractivity contribution is 0.262. The molecule has 0 radical (unpaired) electrons. The van der Waals surface area contributed by atoms with Crippen LogP contribution in [0.25, 0.3) is 5.82 Å². The summed E-state index contributed by atoms with van der Waals surface area (Å²) in [5.41, 5.74) is 2.67. The van der Waals surface area contributed by atoms with Crippen molar-refractivity contribution < 1.29 is 9.53 Å². The third-order valence-corrected chi connectivity index (χ3v) is 5.01. The smallest absolute Gasteiger partial charge is 0.323 e. The molecule has 0 fully saturated rings. The quantitative estimate of drug-likeness (QED) is 0.380. The first-order chi connectivity index (χ1) is 15.8. The van der Waals surface area contributed by atoms with E-state index in [9.17, 15) is 4.79 Å². The van der Waals surface area contributed by atoms with E-state index in [0.717, 1.165) is 11.5 Å². The molecule has 4 aromatic rings. The van der Waals surface area contributed by atoms with Crippen LogP contribution < -0.4 is 15.4 Å². The number of nitrogens with one attached hydrogen (secondary N) is 2. The first-order valence-corrected chi connectivity index (χ1v) is 10.7. The number of hydrogen-bond acceptors (Lipinski definition) is 4. The standard InChI is InChI=1S/C26H27N5O2/c1-18-27-23(31-15-5-6-16-31)17-24(28-18)33-22-13-11-21(12-14-22)30-25(32)29-20-9-7-19(8-10-20)26(2,3)4/h5-17H,1-4H3,(H2,29,30,32). The number of nitrogens with zero attached hydrogens (tertiary/aromatic N) is 3. The number of urea groups is 1. The molecule has 4 rings (SSSR count). The minimum atomic E-state index is -0.310. The van der Waals surface area contributed by atoms with E-state index in [1.165, 1.54) is 5.56 Å². The van der Waals surface area contributed by atoms with Crippen molar-refractivity contribution in [3.05, 3.63) is 90.5 Å². The second-order valence-electron chi connectivity index (χ2n) is 8.73. The fourth-order valence-corrected chi connectivity index (χ4v) is 3.27. The highest BCUT2D eigenvalue weighted by Crippen LogP contribution is 2.25. The predicted octanol–water partition coefficient (Wildman–Crippen LogP) is 6.31. The number of carbonyl (C=O) groups excluding carboxylic acids is 1. The topological polar surface area (TPSA) is 81.1 Å². The van der Waals surface area contributed by atoms with Crippen LogP contribution in [0.3, 0.4) is 0 Å². The summed E-state index contributed by atoms with van der Waals surface area (Å²) in [5.74, 6) is 2.40. The number of benzene rings is 2. The molecular weight excluding hydrogens is 414 g/mol. The average molecular weight is 442 g/mol. The normalized spacial score (nSPS) is 11.2. The number of aromatic nitrogens is 3. The molecule has 0 bridgehead atoms. The molecule has 168 valence electrons. The average Bonchev–Trinajstić information content (AvgIpc) is 3.29. The number of hydrogen-bond donors (Lipinski definition) is 2. The molecule has 0 saturated carbocycles. The molecule has 2 N–H and O–H groups in total. The summed E-state index contributed by atoms with van der Waals surface area (Å²) in [6.07, 6.45) is 3.83. The molecule has 33 heavy (non-hydrogen) atoms. The van der Waals surface area contributed by atoms with Gasteiger partial charge >= 0.3 is 6.03 Å². The molecule has 2 amide bonds. The van der Waals surface area contributed by atoms with Gasteiger partial charge in [-0.3, -0.25) is 0 Å². The molecule has 2 aromatic heterocycles. The molecule has 7 nitrogen and oxygen atoms in total. The number of aryl methyl sites for hydroxylation is 1. The largest absolute Gasteiger partial charge is 0.439 e. The summed E-state index contributed by atoms with van der Waals surface area (Å²) in [7, 11) is 0. The van der Waals surface area contributed by atoms with Crippen molar-refractivity contribution in [2.75, 3.05) is 10.6 Å². The molecule has 0 aliphatic heterocycles. The lowest BCUT2D eigenvalue weighted by Crippen LogP contribution is -2.19. The van der Waals surface area contributed by atoms with Gasteiger partial charge in [0.25, 0.3) is 0 Å². The zero-order chi connectivity index (χ0) is 23.4. The molecule has 0 atom stereocenters. The minimum Gasteiger partial charge on any atom is -0.439 e. The van der Waals surface area contributed by atoms with Crippen LogP contribution in [-0.4, -0.2) is 20.6 Å². The Morgan fingerprint density at radius 1 is 0.879 bits per heavy atom. The number of amides is 2. The van der Waals surface area contributed by atoms with Crippen molar-refractivity contribution in [2.24, 2.45) is 0 Å². The minimum absolute atomic E-state index is 0.0684. The van der Waals surface area contributed by atoms with Crippen LogP contribution in [0.4, 0.5) is 16.2 Å². The Hall–Kier alpha value is -4.13. The Morgan fingerprint density at radius 2 is 1.45 bits per heavy atom. The second-order valence-corrected chi connectivity index (χ2v) is 8.73. The summed E-state index contributed by atoms with van der Waals surface area (Å²) in [6, 6.07) is 20.3. The van der Waals surface area contributed by atoms with E-state index in [1.54, 1.807) is 30.3 Å². The van der Waals surface area contributed by atoms with E-state index >= 15 is 0 Å². The Balaban J connectivity index is 1.37. The van der Waals surface area contributed by atoms with Gasteiger partial charge in [0, 0.05) is 29.8 Å². The molecular formula is C26H27N5O2. The number of ether oxygens (including phenoxy) is 1. The van der Waals surface area contributed by atoms with E-state index in [2.05, 4.69) is 41.4 Å². The van der Waals surface area contributed by atoms with Crippen LogP contribution in [0.5, 0.6) is 11.6 Å². The lowest BCUT2D eigenvalue weighted by atomic mass is 9.87. The van der Waals surface area contributed by atoms with Gasteiger partial charge in [0.1, 0.15) is 17.4 Å². The molecule has 0 unspecified atom stereocenters. The van der Waals surface area contributed by atoms with Crippen molar-refractivity contribution in [2.45, 2.75) is 33.1 Å². The SMILES string of the molecule is Cc1nc(Oc2ccc(NC(=O)Nc3ccc(C(C)(C)C)cc3)cc2)cc(-n2cccc2)n1. The zero-order valence-electron chi connectivity index (χ0n) is 19.2. The highest BCUT2D eigenvalue weighted by Gasteiger charge is 2.13. The summed E-state index contributed by atoms with van der Waals surface area (Å²) >= 11 is 0. The molecule has 0 aliphatic rings. The molecule has 2 heterocycles. The van der Waals surface area contributed by atoms with Gasteiger partial charge in [-0.15, -0.1) is 0 Å². The Kier molecular flexibility index (Phi) is 6.13. The van der Waals surface area contributed by atoms with Gasteiger partial charge < -0.3 is 19.9 Å². The summed E-state index contributed by atoms with van der Waals surface area (Å²) in [4.78, 5) is 21.1. The highest BCUT2D eigenvalue weighted by molar-refractivity contribution is 5.99. The van der Waals surface area contributed by atoms with Crippen molar-refractivity contribution in [1.29, 1.82) is 0 Å². The fourth-order valence-electron chi connectivity index (χ4n) is 3.27. The van der Waals surface area contributed by atoms with Crippen molar-refractivity contribution in [1.82, 2.24) is 14.5 Å². The molecule has 0 aliphatic carbocycles. The third kappa shape index (κ3) is 5.77. The van der Waals surface area contributed by atoms with Crippen LogP contribution >= 0.6 is 0 Å². The van der Waals surface area contributed by atoms with E-state index < -0.39 is 0 Å². The highest BCUT2D eigenvalue weighted by atomic mass is 16.5. The van der Waals surface area contributed by atoms with Gasteiger partial charge in [0.2, 0.25) is 5.88 Å². The van der Waals surface area contributed by atoms with Gasteiger partial charge in [-0.05, 0) is 66.4 Å². The fraction of sp³-hybridized carbons (Fsp3) is 0.192. The Morgan fingerprint density at radius 3 is 2.03 bits per heavy atom. The zero-order valence-corrected chi connectivity index (χ0v) is 19.2. The maximum absolute atomic E-state index is 12.4. The molecule has 0 saturated heterocycles. The van der Waals surface area contributed by atoms with Crippen LogP contribution in [0.15, 0.2) is 79.1 Å². The number of carbonyl (C=O) groups is 1. The first kappa shape index (κ1) is 22.1. The third-order valence-electron chi connectivity index (χ3n) is 5.01. The predicted molar refractivity (Wildman–Crippen MR) is 130 cm³/mol. The second kappa shape index (κ2) is 9.16. The summed E-state index contributed by atoms with van der Waals surface area (Å²) < 4.78 is 7.79. The van der Waals surface area contributed by atoms with Crippen LogP contribution in [0.1, 0.15) is 32.2 Å². The van der Waals surface area contributed by atoms with Crippen LogP contribution in [-0.2, 0) is 5.41 Å². The van der Waals surface area contributed by atoms with E-state index in [-0.39, 0.29) is 11.4 Å². The summed E-state index contributed by atoms with van der Waals surface area (Å²) in [6.45, 7) is 8.29. The number of rotatable bonds is 5. The van der Waals surface area contributed by atoms with Gasteiger partial charge in [-0.25, -0.2) is 9.78 Å². The first-order valence-electron chi connectivity index (χ1n) is 10.7. The maximum atomic E-state index is 12.4. The van der Waals surface area contributed by atoms with Crippen molar-refractivity contribution in [3.8, 4) is 17.4 Å². The monoisotopic (exact) mass is 441 g/mol. The van der Waals surface area contributed by atoms with Gasteiger partial charge in [-0.2, -0.15) is 4.98 Å². The van der Waals surface area contributed by atoms with Gasteiger partial charge in [0.05, 0.1) is 0 Å². The Labute approximate surface area is 193 Å². The van der Waals surface area contributed by atoms with Crippen molar-refractivity contribution >= 4 is 17.4 Å². The van der Waals surface area contributed by atoms with Crippen LogP contribution in [0.2, 0.25) is 0 Å².